The lowest BCUT2D eigenvalue weighted by Gasteiger charge is -2.34. The van der Waals surface area contributed by atoms with Crippen molar-refractivity contribution in [2.24, 2.45) is 0 Å². The molecule has 1 aromatic carbocycles. The first kappa shape index (κ1) is 17.7. The first-order valence-electron chi connectivity index (χ1n) is 8.70. The van der Waals surface area contributed by atoms with Crippen molar-refractivity contribution < 1.29 is 14.3 Å². The minimum absolute atomic E-state index is 0.0759. The van der Waals surface area contributed by atoms with Gasteiger partial charge in [-0.1, -0.05) is 36.7 Å². The molecule has 0 fully saturated rings. The van der Waals surface area contributed by atoms with Crippen LogP contribution in [0.15, 0.2) is 46.8 Å². The van der Waals surface area contributed by atoms with E-state index < -0.39 is 5.92 Å². The lowest BCUT2D eigenvalue weighted by molar-refractivity contribution is -0.139. The molecule has 1 heterocycles. The number of carbonyl (C=O) groups excluding carboxylic acids is 2. The molecule has 0 bridgehead atoms. The third-order valence-electron chi connectivity index (χ3n) is 4.65. The van der Waals surface area contributed by atoms with Gasteiger partial charge in [-0.15, -0.1) is 0 Å². The molecule has 2 aliphatic rings. The van der Waals surface area contributed by atoms with Gasteiger partial charge in [0.15, 0.2) is 5.78 Å². The quantitative estimate of drug-likeness (QED) is 0.816. The van der Waals surface area contributed by atoms with E-state index in [4.69, 9.17) is 16.3 Å². The Morgan fingerprint density at radius 3 is 2.80 bits per heavy atom. The van der Waals surface area contributed by atoms with Gasteiger partial charge < -0.3 is 10.1 Å². The number of Topliss-reactive ketones (excluding diaryl/α,β-unsaturated/α-hetero) is 1. The SMILES string of the molecule is CCCOC(=O)C1=C(C)NC2=C(C(=O)CCC2)[C@@H]1c1ccccc1Cl. The smallest absolute Gasteiger partial charge is 0.336 e. The molecule has 1 aliphatic carbocycles. The maximum atomic E-state index is 12.7. The average Bonchev–Trinajstić information content (AvgIpc) is 2.59. The summed E-state index contributed by atoms with van der Waals surface area (Å²) in [6, 6.07) is 7.39. The fourth-order valence-corrected chi connectivity index (χ4v) is 3.79. The lowest BCUT2D eigenvalue weighted by Crippen LogP contribution is -2.34. The Hall–Kier alpha value is -2.07. The van der Waals surface area contributed by atoms with Gasteiger partial charge in [0.2, 0.25) is 0 Å². The van der Waals surface area contributed by atoms with Crippen LogP contribution >= 0.6 is 11.6 Å². The van der Waals surface area contributed by atoms with Gasteiger partial charge in [0.25, 0.3) is 0 Å². The number of dihydropyridines is 1. The standard InChI is InChI=1S/C20H22ClNO3/c1-3-11-25-20(24)17-12(2)22-15-9-6-10-16(23)19(15)18(17)13-7-4-5-8-14(13)21/h4-5,7-8,18,22H,3,6,9-11H2,1-2H3/t18-/m1/s1. The highest BCUT2D eigenvalue weighted by atomic mass is 35.5. The molecule has 1 N–H and O–H groups in total. The summed E-state index contributed by atoms with van der Waals surface area (Å²) in [5, 5.41) is 3.82. The Kier molecular flexibility index (Phi) is 5.28. The molecule has 0 unspecified atom stereocenters. The zero-order valence-electron chi connectivity index (χ0n) is 14.5. The molecule has 0 radical (unpaired) electrons. The van der Waals surface area contributed by atoms with Crippen molar-refractivity contribution >= 4 is 23.4 Å². The van der Waals surface area contributed by atoms with Gasteiger partial charge in [-0.25, -0.2) is 4.79 Å². The van der Waals surface area contributed by atoms with E-state index in [-0.39, 0.29) is 11.8 Å². The third-order valence-corrected chi connectivity index (χ3v) is 4.99. The number of hydrogen-bond donors (Lipinski definition) is 1. The Labute approximate surface area is 152 Å². The zero-order chi connectivity index (χ0) is 18.0. The molecule has 132 valence electrons. The predicted molar refractivity (Wildman–Crippen MR) is 97.2 cm³/mol. The highest BCUT2D eigenvalue weighted by molar-refractivity contribution is 6.31. The van der Waals surface area contributed by atoms with Crippen molar-refractivity contribution in [3.63, 3.8) is 0 Å². The van der Waals surface area contributed by atoms with Gasteiger partial charge in [-0.05, 0) is 37.8 Å². The minimum Gasteiger partial charge on any atom is -0.462 e. The molecule has 4 nitrogen and oxygen atoms in total. The van der Waals surface area contributed by atoms with E-state index in [9.17, 15) is 9.59 Å². The molecule has 1 aromatic rings. The topological polar surface area (TPSA) is 55.4 Å². The summed E-state index contributed by atoms with van der Waals surface area (Å²) in [4.78, 5) is 25.4. The number of nitrogens with one attached hydrogen (secondary N) is 1. The molecule has 0 spiro atoms. The lowest BCUT2D eigenvalue weighted by atomic mass is 9.75. The Bertz CT molecular complexity index is 779. The maximum absolute atomic E-state index is 12.7. The van der Waals surface area contributed by atoms with Gasteiger partial charge in [0.05, 0.1) is 12.2 Å². The van der Waals surface area contributed by atoms with E-state index in [1.807, 2.05) is 32.0 Å². The van der Waals surface area contributed by atoms with Crippen LogP contribution in [0, 0.1) is 0 Å². The second-order valence-corrected chi connectivity index (χ2v) is 6.83. The number of ether oxygens (including phenoxy) is 1. The van der Waals surface area contributed by atoms with Crippen LogP contribution in [0.4, 0.5) is 0 Å². The number of rotatable bonds is 4. The monoisotopic (exact) mass is 359 g/mol. The first-order chi connectivity index (χ1) is 12.0. The normalized spacial score (nSPS) is 20.3. The largest absolute Gasteiger partial charge is 0.462 e. The molecule has 0 amide bonds. The number of halogens is 1. The van der Waals surface area contributed by atoms with E-state index >= 15 is 0 Å². The predicted octanol–water partition coefficient (Wildman–Crippen LogP) is 4.26. The molecular formula is C20H22ClNO3. The second-order valence-electron chi connectivity index (χ2n) is 6.42. The summed E-state index contributed by atoms with van der Waals surface area (Å²) in [6.07, 6.45) is 2.87. The number of carbonyl (C=O) groups is 2. The van der Waals surface area contributed by atoms with Gasteiger partial charge in [-0.3, -0.25) is 4.79 Å². The molecule has 0 aromatic heterocycles. The fraction of sp³-hybridized carbons (Fsp3) is 0.400. The molecule has 1 atom stereocenters. The highest BCUT2D eigenvalue weighted by Gasteiger charge is 2.39. The first-order valence-corrected chi connectivity index (χ1v) is 9.08. The van der Waals surface area contributed by atoms with E-state index in [0.717, 1.165) is 36.2 Å². The summed E-state index contributed by atoms with van der Waals surface area (Å²) in [5.41, 5.74) is 3.56. The minimum atomic E-state index is -0.470. The highest BCUT2D eigenvalue weighted by Crippen LogP contribution is 2.44. The van der Waals surface area contributed by atoms with Crippen molar-refractivity contribution in [1.29, 1.82) is 0 Å². The molecule has 25 heavy (non-hydrogen) atoms. The fourth-order valence-electron chi connectivity index (χ4n) is 3.55. The maximum Gasteiger partial charge on any atom is 0.336 e. The summed E-state index contributed by atoms with van der Waals surface area (Å²) in [7, 11) is 0. The van der Waals surface area contributed by atoms with Gasteiger partial charge in [0.1, 0.15) is 0 Å². The summed E-state index contributed by atoms with van der Waals surface area (Å²) >= 11 is 6.43. The van der Waals surface area contributed by atoms with Crippen molar-refractivity contribution in [2.45, 2.75) is 45.4 Å². The molecular weight excluding hydrogens is 338 g/mol. The molecule has 0 saturated carbocycles. The number of benzene rings is 1. The van der Waals surface area contributed by atoms with Crippen LogP contribution in [0.25, 0.3) is 0 Å². The molecule has 1 aliphatic heterocycles. The molecule has 0 saturated heterocycles. The van der Waals surface area contributed by atoms with E-state index in [0.29, 0.717) is 29.2 Å². The zero-order valence-corrected chi connectivity index (χ0v) is 15.3. The summed E-state index contributed by atoms with van der Waals surface area (Å²) in [6.45, 7) is 4.16. The van der Waals surface area contributed by atoms with Gasteiger partial charge in [0, 0.05) is 34.3 Å². The summed E-state index contributed by atoms with van der Waals surface area (Å²) in [5.74, 6) is -0.782. The van der Waals surface area contributed by atoms with E-state index in [1.54, 1.807) is 6.07 Å². The average molecular weight is 360 g/mol. The van der Waals surface area contributed by atoms with Crippen LogP contribution in [-0.2, 0) is 14.3 Å². The van der Waals surface area contributed by atoms with Crippen LogP contribution in [0.5, 0.6) is 0 Å². The van der Waals surface area contributed by atoms with E-state index in [1.165, 1.54) is 0 Å². The Balaban J connectivity index is 2.14. The number of esters is 1. The van der Waals surface area contributed by atoms with Crippen molar-refractivity contribution in [1.82, 2.24) is 5.32 Å². The third kappa shape index (κ3) is 3.36. The number of ketones is 1. The number of allylic oxidation sites excluding steroid dienone is 3. The Morgan fingerprint density at radius 1 is 1.32 bits per heavy atom. The van der Waals surface area contributed by atoms with Crippen molar-refractivity contribution in [3.8, 4) is 0 Å². The summed E-state index contributed by atoms with van der Waals surface area (Å²) < 4.78 is 5.39. The van der Waals surface area contributed by atoms with Crippen LogP contribution in [0.2, 0.25) is 5.02 Å². The van der Waals surface area contributed by atoms with Crippen LogP contribution in [-0.4, -0.2) is 18.4 Å². The van der Waals surface area contributed by atoms with Gasteiger partial charge in [-0.2, -0.15) is 0 Å². The second kappa shape index (κ2) is 7.44. The van der Waals surface area contributed by atoms with E-state index in [2.05, 4.69) is 5.32 Å². The Morgan fingerprint density at radius 2 is 2.08 bits per heavy atom. The van der Waals surface area contributed by atoms with Crippen LogP contribution in [0.1, 0.15) is 51.0 Å². The van der Waals surface area contributed by atoms with Gasteiger partial charge >= 0.3 is 5.97 Å². The number of hydrogen-bond acceptors (Lipinski definition) is 4. The molecule has 3 rings (SSSR count). The van der Waals surface area contributed by atoms with Crippen molar-refractivity contribution in [3.05, 3.63) is 57.4 Å². The van der Waals surface area contributed by atoms with Crippen LogP contribution < -0.4 is 5.32 Å². The molecule has 5 heteroatoms. The van der Waals surface area contributed by atoms with Crippen LogP contribution in [0.3, 0.4) is 0 Å². The van der Waals surface area contributed by atoms with Crippen molar-refractivity contribution in [2.75, 3.05) is 6.61 Å².